The zero-order valence-electron chi connectivity index (χ0n) is 7.57. The third-order valence-electron chi connectivity index (χ3n) is 1.99. The molecule has 0 radical (unpaired) electrons. The van der Waals surface area contributed by atoms with Gasteiger partial charge in [0.15, 0.2) is 0 Å². The van der Waals surface area contributed by atoms with Crippen molar-refractivity contribution in [2.75, 3.05) is 19.8 Å². The van der Waals surface area contributed by atoms with Crippen molar-refractivity contribution in [3.05, 3.63) is 0 Å². The van der Waals surface area contributed by atoms with Gasteiger partial charge >= 0.3 is 0 Å². The zero-order chi connectivity index (χ0) is 9.68. The number of ether oxygens (including phenoxy) is 2. The topological polar surface area (TPSA) is 87.6 Å². The first-order valence-electron chi connectivity index (χ1n) is 4.44. The minimum absolute atomic E-state index is 0.167. The summed E-state index contributed by atoms with van der Waals surface area (Å²) in [5, 5.41) is 0. The molecule has 1 aliphatic heterocycles. The van der Waals surface area contributed by atoms with Crippen LogP contribution >= 0.6 is 0 Å². The average Bonchev–Trinajstić information content (AvgIpc) is 2.56. The first-order valence-corrected chi connectivity index (χ1v) is 4.44. The zero-order valence-corrected chi connectivity index (χ0v) is 7.57. The summed E-state index contributed by atoms with van der Waals surface area (Å²) in [6.07, 6.45) is 2.27. The van der Waals surface area contributed by atoms with Gasteiger partial charge in [0.2, 0.25) is 5.91 Å². The van der Waals surface area contributed by atoms with Gasteiger partial charge in [-0.15, -0.1) is 0 Å². The van der Waals surface area contributed by atoms with Gasteiger partial charge in [-0.2, -0.15) is 0 Å². The minimum atomic E-state index is -0.707. The Hall–Kier alpha value is -0.650. The Balaban J connectivity index is 2.02. The van der Waals surface area contributed by atoms with Crippen molar-refractivity contribution in [2.24, 2.45) is 11.5 Å². The van der Waals surface area contributed by atoms with Crippen LogP contribution in [-0.2, 0) is 14.3 Å². The molecule has 5 nitrogen and oxygen atoms in total. The first kappa shape index (κ1) is 10.4. The maximum atomic E-state index is 10.5. The van der Waals surface area contributed by atoms with Gasteiger partial charge in [0.1, 0.15) is 6.04 Å². The normalized spacial score (nSPS) is 24.5. The molecule has 13 heavy (non-hydrogen) atoms. The molecule has 4 N–H and O–H groups in total. The Labute approximate surface area is 77.4 Å². The smallest absolute Gasteiger partial charge is 0.236 e. The number of carbonyl (C=O) groups excluding carboxylic acids is 1. The van der Waals surface area contributed by atoms with E-state index in [-0.39, 0.29) is 12.7 Å². The van der Waals surface area contributed by atoms with Crippen LogP contribution in [-0.4, -0.2) is 37.9 Å². The van der Waals surface area contributed by atoms with Crippen molar-refractivity contribution in [1.29, 1.82) is 0 Å². The molecule has 0 aromatic heterocycles. The van der Waals surface area contributed by atoms with Gasteiger partial charge in [-0.25, -0.2) is 0 Å². The molecule has 76 valence electrons. The van der Waals surface area contributed by atoms with Crippen LogP contribution in [0.5, 0.6) is 0 Å². The number of rotatable bonds is 5. The summed E-state index contributed by atoms with van der Waals surface area (Å²) < 4.78 is 10.5. The monoisotopic (exact) mass is 188 g/mol. The predicted molar refractivity (Wildman–Crippen MR) is 47.0 cm³/mol. The van der Waals surface area contributed by atoms with E-state index in [4.69, 9.17) is 20.9 Å². The van der Waals surface area contributed by atoms with Crippen LogP contribution in [0.25, 0.3) is 0 Å². The van der Waals surface area contributed by atoms with Crippen molar-refractivity contribution in [3.8, 4) is 0 Å². The second kappa shape index (κ2) is 5.16. The number of amides is 1. The fraction of sp³-hybridized carbons (Fsp3) is 0.875. The minimum Gasteiger partial charge on any atom is -0.377 e. The molecule has 0 aromatic rings. The summed E-state index contributed by atoms with van der Waals surface area (Å²) in [4.78, 5) is 10.5. The van der Waals surface area contributed by atoms with Gasteiger partial charge in [0, 0.05) is 6.61 Å². The van der Waals surface area contributed by atoms with Crippen LogP contribution in [0.2, 0.25) is 0 Å². The van der Waals surface area contributed by atoms with Crippen molar-refractivity contribution in [2.45, 2.75) is 25.0 Å². The Morgan fingerprint density at radius 3 is 3.00 bits per heavy atom. The Kier molecular flexibility index (Phi) is 4.14. The third kappa shape index (κ3) is 3.71. The number of hydrogen-bond donors (Lipinski definition) is 2. The second-order valence-corrected chi connectivity index (χ2v) is 3.18. The number of nitrogens with two attached hydrogens (primary N) is 2. The number of hydrogen-bond acceptors (Lipinski definition) is 4. The lowest BCUT2D eigenvalue weighted by Crippen LogP contribution is -2.40. The Bertz CT molecular complexity index is 169. The van der Waals surface area contributed by atoms with E-state index < -0.39 is 11.9 Å². The van der Waals surface area contributed by atoms with Crippen LogP contribution in [0.4, 0.5) is 0 Å². The lowest BCUT2D eigenvalue weighted by Gasteiger charge is -2.12. The second-order valence-electron chi connectivity index (χ2n) is 3.18. The first-order chi connectivity index (χ1) is 6.20. The summed E-state index contributed by atoms with van der Waals surface area (Å²) in [6.45, 7) is 1.48. The highest BCUT2D eigenvalue weighted by atomic mass is 16.5. The van der Waals surface area contributed by atoms with Crippen molar-refractivity contribution in [1.82, 2.24) is 0 Å². The van der Waals surface area contributed by atoms with Crippen LogP contribution in [0.15, 0.2) is 0 Å². The molecule has 2 unspecified atom stereocenters. The van der Waals surface area contributed by atoms with Crippen LogP contribution in [0, 0.1) is 0 Å². The highest BCUT2D eigenvalue weighted by Gasteiger charge is 2.16. The molecule has 1 aliphatic rings. The quantitative estimate of drug-likeness (QED) is 0.579. The van der Waals surface area contributed by atoms with Crippen LogP contribution < -0.4 is 11.5 Å². The van der Waals surface area contributed by atoms with Crippen LogP contribution in [0.1, 0.15) is 12.8 Å². The highest BCUT2D eigenvalue weighted by molar-refractivity contribution is 5.79. The SMILES string of the molecule is NC(=O)C(N)COCC1CCCO1. The Morgan fingerprint density at radius 2 is 2.46 bits per heavy atom. The molecular weight excluding hydrogens is 172 g/mol. The standard InChI is InChI=1S/C8H16N2O3/c9-7(8(10)11)5-12-4-6-2-1-3-13-6/h6-7H,1-5,9H2,(H2,10,11). The molecule has 2 atom stereocenters. The van der Waals surface area contributed by atoms with E-state index in [1.807, 2.05) is 0 Å². The number of primary amides is 1. The highest BCUT2D eigenvalue weighted by Crippen LogP contribution is 2.11. The van der Waals surface area contributed by atoms with Crippen molar-refractivity contribution in [3.63, 3.8) is 0 Å². The van der Waals surface area contributed by atoms with Gasteiger partial charge in [-0.05, 0) is 12.8 Å². The lowest BCUT2D eigenvalue weighted by atomic mass is 10.2. The van der Waals surface area contributed by atoms with E-state index in [0.717, 1.165) is 19.4 Å². The molecule has 5 heteroatoms. The van der Waals surface area contributed by atoms with E-state index in [9.17, 15) is 4.79 Å². The molecule has 1 amide bonds. The molecule has 0 bridgehead atoms. The fourth-order valence-corrected chi connectivity index (χ4v) is 1.18. The molecule has 0 saturated carbocycles. The molecule has 0 aliphatic carbocycles. The fourth-order valence-electron chi connectivity index (χ4n) is 1.18. The van der Waals surface area contributed by atoms with E-state index in [1.165, 1.54) is 0 Å². The Morgan fingerprint density at radius 1 is 1.69 bits per heavy atom. The van der Waals surface area contributed by atoms with Gasteiger partial charge in [-0.3, -0.25) is 4.79 Å². The summed E-state index contributed by atoms with van der Waals surface area (Å²) in [5.41, 5.74) is 10.3. The molecule has 1 rings (SSSR count). The molecule has 0 aromatic carbocycles. The molecule has 0 spiro atoms. The predicted octanol–water partition coefficient (Wildman–Crippen LogP) is -1.01. The van der Waals surface area contributed by atoms with Gasteiger partial charge in [0.05, 0.1) is 19.3 Å². The van der Waals surface area contributed by atoms with E-state index in [1.54, 1.807) is 0 Å². The van der Waals surface area contributed by atoms with Crippen LogP contribution in [0.3, 0.4) is 0 Å². The van der Waals surface area contributed by atoms with Gasteiger partial charge in [0.25, 0.3) is 0 Å². The lowest BCUT2D eigenvalue weighted by molar-refractivity contribution is -0.120. The average molecular weight is 188 g/mol. The van der Waals surface area contributed by atoms with Gasteiger partial charge < -0.3 is 20.9 Å². The van der Waals surface area contributed by atoms with E-state index in [2.05, 4.69) is 0 Å². The van der Waals surface area contributed by atoms with E-state index >= 15 is 0 Å². The molecule has 1 saturated heterocycles. The molecule has 1 fully saturated rings. The third-order valence-corrected chi connectivity index (χ3v) is 1.99. The summed E-state index contributed by atoms with van der Waals surface area (Å²) >= 11 is 0. The summed E-state index contributed by atoms with van der Waals surface area (Å²) in [5.74, 6) is -0.535. The van der Waals surface area contributed by atoms with Crippen molar-refractivity contribution < 1.29 is 14.3 Å². The van der Waals surface area contributed by atoms with Gasteiger partial charge in [-0.1, -0.05) is 0 Å². The molecule has 1 heterocycles. The maximum Gasteiger partial charge on any atom is 0.236 e. The summed E-state index contributed by atoms with van der Waals surface area (Å²) in [6, 6.07) is -0.707. The molecular formula is C8H16N2O3. The van der Waals surface area contributed by atoms with Crippen molar-refractivity contribution >= 4 is 5.91 Å². The number of carbonyl (C=O) groups is 1. The summed E-state index contributed by atoms with van der Waals surface area (Å²) in [7, 11) is 0. The largest absolute Gasteiger partial charge is 0.377 e. The van der Waals surface area contributed by atoms with E-state index in [0.29, 0.717) is 6.61 Å². The maximum absolute atomic E-state index is 10.5.